The highest BCUT2D eigenvalue weighted by Gasteiger charge is 2.12. The zero-order valence-corrected chi connectivity index (χ0v) is 8.05. The number of halogens is 1. The molecule has 0 fully saturated rings. The molecule has 4 nitrogen and oxygen atoms in total. The predicted octanol–water partition coefficient (Wildman–Crippen LogP) is 1.86. The molecule has 0 aliphatic heterocycles. The van der Waals surface area contributed by atoms with E-state index in [4.69, 9.17) is 0 Å². The quantitative estimate of drug-likeness (QED) is 0.697. The Hall–Kier alpha value is -0.880. The molecule has 0 spiro atoms. The Morgan fingerprint density at radius 1 is 1.42 bits per heavy atom. The van der Waals surface area contributed by atoms with Crippen molar-refractivity contribution in [2.24, 2.45) is 0 Å². The average molecular weight is 247 g/mol. The highest BCUT2D eigenvalue weighted by Crippen LogP contribution is 2.39. The van der Waals surface area contributed by atoms with Crippen molar-refractivity contribution >= 4 is 37.7 Å². The van der Waals surface area contributed by atoms with Crippen LogP contribution in [-0.2, 0) is 0 Å². The summed E-state index contributed by atoms with van der Waals surface area (Å²) in [6, 6.07) is 1.43. The SMILES string of the molecule is Oc1cc2snnc2c(Br)c1O. The molecule has 1 aromatic heterocycles. The minimum atomic E-state index is -0.199. The lowest BCUT2D eigenvalue weighted by Gasteiger charge is -1.98. The first kappa shape index (κ1) is 7.75. The second-order valence-electron chi connectivity index (χ2n) is 2.18. The van der Waals surface area contributed by atoms with Crippen molar-refractivity contribution in [2.45, 2.75) is 0 Å². The Labute approximate surface area is 79.8 Å². The second kappa shape index (κ2) is 2.56. The number of aromatic hydroxyl groups is 2. The zero-order chi connectivity index (χ0) is 8.72. The fraction of sp³-hybridized carbons (Fsp3) is 0. The maximum Gasteiger partial charge on any atom is 0.174 e. The van der Waals surface area contributed by atoms with E-state index in [1.54, 1.807) is 0 Å². The van der Waals surface area contributed by atoms with Gasteiger partial charge in [0.2, 0.25) is 0 Å². The van der Waals surface area contributed by atoms with Gasteiger partial charge < -0.3 is 10.2 Å². The van der Waals surface area contributed by atoms with E-state index in [0.29, 0.717) is 9.99 Å². The van der Waals surface area contributed by atoms with Crippen LogP contribution in [0.2, 0.25) is 0 Å². The predicted molar refractivity (Wildman–Crippen MR) is 48.4 cm³/mol. The van der Waals surface area contributed by atoms with Gasteiger partial charge in [-0.25, -0.2) is 0 Å². The molecule has 0 bridgehead atoms. The maximum absolute atomic E-state index is 9.26. The highest BCUT2D eigenvalue weighted by atomic mass is 79.9. The molecule has 2 aromatic rings. The lowest BCUT2D eigenvalue weighted by molar-refractivity contribution is 0.402. The Kier molecular flexibility index (Phi) is 1.66. The first-order valence-electron chi connectivity index (χ1n) is 3.02. The highest BCUT2D eigenvalue weighted by molar-refractivity contribution is 9.10. The topological polar surface area (TPSA) is 66.2 Å². The average Bonchev–Trinajstić information content (AvgIpc) is 2.48. The summed E-state index contributed by atoms with van der Waals surface area (Å²) < 4.78 is 4.80. The van der Waals surface area contributed by atoms with Crippen LogP contribution in [0.25, 0.3) is 10.2 Å². The molecule has 2 N–H and O–H groups in total. The third-order valence-electron chi connectivity index (χ3n) is 1.44. The first-order valence-corrected chi connectivity index (χ1v) is 4.59. The summed E-state index contributed by atoms with van der Waals surface area (Å²) in [4.78, 5) is 0. The van der Waals surface area contributed by atoms with Crippen molar-refractivity contribution in [3.8, 4) is 11.5 Å². The van der Waals surface area contributed by atoms with Gasteiger partial charge in [-0.3, -0.25) is 0 Å². The van der Waals surface area contributed by atoms with Gasteiger partial charge in [0.1, 0.15) is 5.52 Å². The van der Waals surface area contributed by atoms with Crippen LogP contribution in [0.1, 0.15) is 0 Å². The molecule has 62 valence electrons. The van der Waals surface area contributed by atoms with Crippen LogP contribution in [0.15, 0.2) is 10.5 Å². The van der Waals surface area contributed by atoms with Crippen LogP contribution < -0.4 is 0 Å². The lowest BCUT2D eigenvalue weighted by atomic mass is 10.3. The van der Waals surface area contributed by atoms with E-state index >= 15 is 0 Å². The molecule has 0 radical (unpaired) electrons. The number of phenols is 2. The van der Waals surface area contributed by atoms with Gasteiger partial charge in [0.15, 0.2) is 11.5 Å². The van der Waals surface area contributed by atoms with Crippen LogP contribution >= 0.6 is 27.5 Å². The molecule has 2 rings (SSSR count). The summed E-state index contributed by atoms with van der Waals surface area (Å²) >= 11 is 4.27. The molecule has 0 atom stereocenters. The van der Waals surface area contributed by atoms with Gasteiger partial charge in [-0.15, -0.1) is 5.10 Å². The summed E-state index contributed by atoms with van der Waals surface area (Å²) in [6.45, 7) is 0. The number of nitrogens with zero attached hydrogens (tertiary/aromatic N) is 2. The third-order valence-corrected chi connectivity index (χ3v) is 2.86. The van der Waals surface area contributed by atoms with E-state index in [9.17, 15) is 10.2 Å². The Bertz CT molecular complexity index is 442. The van der Waals surface area contributed by atoms with E-state index in [0.717, 1.165) is 16.2 Å². The van der Waals surface area contributed by atoms with Crippen LogP contribution in [-0.4, -0.2) is 19.8 Å². The summed E-state index contributed by atoms with van der Waals surface area (Å²) in [5.41, 5.74) is 0.565. The minimum absolute atomic E-state index is 0.166. The molecule has 0 aliphatic rings. The molecule has 0 saturated heterocycles. The van der Waals surface area contributed by atoms with E-state index in [1.807, 2.05) is 0 Å². The number of rotatable bonds is 0. The fourth-order valence-corrected chi connectivity index (χ4v) is 2.09. The smallest absolute Gasteiger partial charge is 0.174 e. The summed E-state index contributed by atoms with van der Waals surface area (Å²) in [5, 5.41) is 22.2. The normalized spacial score (nSPS) is 10.8. The molecule has 1 heterocycles. The van der Waals surface area contributed by atoms with Gasteiger partial charge in [-0.2, -0.15) is 0 Å². The first-order chi connectivity index (χ1) is 5.70. The van der Waals surface area contributed by atoms with E-state index < -0.39 is 0 Å². The standard InChI is InChI=1S/C6H3BrN2O2S/c7-4-5-3(12-9-8-5)1-2(10)6(4)11/h1,10-11H. The fourth-order valence-electron chi connectivity index (χ4n) is 0.862. The molecule has 6 heteroatoms. The van der Waals surface area contributed by atoms with Crippen molar-refractivity contribution in [1.29, 1.82) is 0 Å². The third kappa shape index (κ3) is 0.953. The second-order valence-corrected chi connectivity index (χ2v) is 3.76. The zero-order valence-electron chi connectivity index (χ0n) is 5.65. The lowest BCUT2D eigenvalue weighted by Crippen LogP contribution is -1.75. The van der Waals surface area contributed by atoms with Gasteiger partial charge in [-0.1, -0.05) is 4.49 Å². The Balaban J connectivity index is 2.94. The Morgan fingerprint density at radius 3 is 2.92 bits per heavy atom. The van der Waals surface area contributed by atoms with E-state index in [1.165, 1.54) is 6.07 Å². The van der Waals surface area contributed by atoms with Crippen molar-refractivity contribution in [2.75, 3.05) is 0 Å². The number of hydrogen-bond acceptors (Lipinski definition) is 5. The summed E-state index contributed by atoms with van der Waals surface area (Å²) in [7, 11) is 0. The molecule has 0 aliphatic carbocycles. The molecule has 0 amide bonds. The molecule has 12 heavy (non-hydrogen) atoms. The number of hydrogen-bond donors (Lipinski definition) is 2. The van der Waals surface area contributed by atoms with Gasteiger partial charge in [0, 0.05) is 6.07 Å². The van der Waals surface area contributed by atoms with Gasteiger partial charge in [-0.05, 0) is 27.5 Å². The number of aromatic nitrogens is 2. The van der Waals surface area contributed by atoms with Crippen molar-refractivity contribution in [1.82, 2.24) is 9.59 Å². The maximum atomic E-state index is 9.26. The molecular weight excluding hydrogens is 244 g/mol. The van der Waals surface area contributed by atoms with Crippen molar-refractivity contribution < 1.29 is 10.2 Å². The van der Waals surface area contributed by atoms with E-state index in [-0.39, 0.29) is 11.5 Å². The Morgan fingerprint density at radius 2 is 2.17 bits per heavy atom. The van der Waals surface area contributed by atoms with Crippen LogP contribution in [0.3, 0.4) is 0 Å². The largest absolute Gasteiger partial charge is 0.504 e. The van der Waals surface area contributed by atoms with Crippen LogP contribution in [0.4, 0.5) is 0 Å². The van der Waals surface area contributed by atoms with Crippen molar-refractivity contribution in [3.05, 3.63) is 10.5 Å². The van der Waals surface area contributed by atoms with Crippen LogP contribution in [0, 0.1) is 0 Å². The molecule has 1 aromatic carbocycles. The van der Waals surface area contributed by atoms with Crippen molar-refractivity contribution in [3.63, 3.8) is 0 Å². The summed E-state index contributed by atoms with van der Waals surface area (Å²) in [5.74, 6) is -0.365. The molecule has 0 saturated carbocycles. The molecule has 0 unspecified atom stereocenters. The summed E-state index contributed by atoms with van der Waals surface area (Å²) in [6.07, 6.45) is 0. The van der Waals surface area contributed by atoms with E-state index in [2.05, 4.69) is 25.5 Å². The monoisotopic (exact) mass is 246 g/mol. The van der Waals surface area contributed by atoms with Gasteiger partial charge in [0.25, 0.3) is 0 Å². The number of fused-ring (bicyclic) bond motifs is 1. The van der Waals surface area contributed by atoms with Gasteiger partial charge in [0.05, 0.1) is 9.17 Å². The van der Waals surface area contributed by atoms with Gasteiger partial charge >= 0.3 is 0 Å². The minimum Gasteiger partial charge on any atom is -0.504 e. The van der Waals surface area contributed by atoms with Crippen LogP contribution in [0.5, 0.6) is 11.5 Å². The number of benzene rings is 1. The number of phenolic OH excluding ortho intramolecular Hbond substituents is 2. The molecular formula is C6H3BrN2O2S.